The molecule has 0 bridgehead atoms. The SMILES string of the molecule is C[C@@]1(COc2ccc(C(F)(F)F)cn2)CCCN1. The predicted octanol–water partition coefficient (Wildman–Crippen LogP) is 2.62. The monoisotopic (exact) mass is 260 g/mol. The van der Waals surface area contributed by atoms with Gasteiger partial charge in [0, 0.05) is 17.8 Å². The number of nitrogens with one attached hydrogen (secondary N) is 1. The molecule has 1 aromatic heterocycles. The van der Waals surface area contributed by atoms with Crippen LogP contribution >= 0.6 is 0 Å². The first-order chi connectivity index (χ1) is 8.39. The van der Waals surface area contributed by atoms with E-state index in [4.69, 9.17) is 4.74 Å². The normalized spacial score (nSPS) is 24.2. The molecule has 0 aromatic carbocycles. The third-order valence-electron chi connectivity index (χ3n) is 3.06. The van der Waals surface area contributed by atoms with Crippen LogP contribution in [0.5, 0.6) is 5.88 Å². The van der Waals surface area contributed by atoms with Crippen LogP contribution in [0, 0.1) is 0 Å². The topological polar surface area (TPSA) is 34.1 Å². The second-order valence-electron chi connectivity index (χ2n) is 4.76. The van der Waals surface area contributed by atoms with Crippen molar-refractivity contribution < 1.29 is 17.9 Å². The average molecular weight is 260 g/mol. The summed E-state index contributed by atoms with van der Waals surface area (Å²) in [5, 5.41) is 3.31. The second-order valence-corrected chi connectivity index (χ2v) is 4.76. The van der Waals surface area contributed by atoms with Crippen molar-refractivity contribution in [3.8, 4) is 5.88 Å². The highest BCUT2D eigenvalue weighted by atomic mass is 19.4. The van der Waals surface area contributed by atoms with E-state index in [9.17, 15) is 13.2 Å². The molecule has 100 valence electrons. The second kappa shape index (κ2) is 4.76. The summed E-state index contributed by atoms with van der Waals surface area (Å²) < 4.78 is 42.4. The molecular weight excluding hydrogens is 245 g/mol. The average Bonchev–Trinajstić information content (AvgIpc) is 2.74. The van der Waals surface area contributed by atoms with E-state index in [0.717, 1.165) is 31.6 Å². The molecule has 0 aliphatic carbocycles. The van der Waals surface area contributed by atoms with E-state index in [1.165, 1.54) is 6.07 Å². The zero-order valence-corrected chi connectivity index (χ0v) is 10.0. The van der Waals surface area contributed by atoms with Crippen LogP contribution in [-0.4, -0.2) is 23.7 Å². The molecule has 0 spiro atoms. The molecule has 0 radical (unpaired) electrons. The van der Waals surface area contributed by atoms with E-state index in [1.54, 1.807) is 0 Å². The molecule has 1 aromatic rings. The summed E-state index contributed by atoms with van der Waals surface area (Å²) in [6.07, 6.45) is -1.49. The van der Waals surface area contributed by atoms with Crippen molar-refractivity contribution in [1.82, 2.24) is 10.3 Å². The summed E-state index contributed by atoms with van der Waals surface area (Å²) in [5.74, 6) is 0.220. The lowest BCUT2D eigenvalue weighted by atomic mass is 10.0. The van der Waals surface area contributed by atoms with E-state index in [0.29, 0.717) is 6.61 Å². The van der Waals surface area contributed by atoms with Gasteiger partial charge in [-0.05, 0) is 32.4 Å². The molecule has 1 aliphatic rings. The zero-order chi connectivity index (χ0) is 13.2. The van der Waals surface area contributed by atoms with Crippen molar-refractivity contribution in [3.63, 3.8) is 0 Å². The first-order valence-electron chi connectivity index (χ1n) is 5.80. The van der Waals surface area contributed by atoms with E-state index in [-0.39, 0.29) is 11.4 Å². The minimum absolute atomic E-state index is 0.107. The molecular formula is C12H15F3N2O. The van der Waals surface area contributed by atoms with Gasteiger partial charge >= 0.3 is 6.18 Å². The molecule has 1 aliphatic heterocycles. The molecule has 0 saturated carbocycles. The highest BCUT2D eigenvalue weighted by Crippen LogP contribution is 2.29. The number of halogens is 3. The van der Waals surface area contributed by atoms with Crippen molar-refractivity contribution >= 4 is 0 Å². The Balaban J connectivity index is 1.94. The quantitative estimate of drug-likeness (QED) is 0.907. The summed E-state index contributed by atoms with van der Waals surface area (Å²) in [4.78, 5) is 3.67. The summed E-state index contributed by atoms with van der Waals surface area (Å²) in [6, 6.07) is 2.23. The van der Waals surface area contributed by atoms with E-state index in [1.807, 2.05) is 6.92 Å². The number of hydrogen-bond acceptors (Lipinski definition) is 3. The van der Waals surface area contributed by atoms with Gasteiger partial charge in [-0.2, -0.15) is 13.2 Å². The first-order valence-corrected chi connectivity index (χ1v) is 5.80. The molecule has 2 heterocycles. The molecule has 1 N–H and O–H groups in total. The fourth-order valence-corrected chi connectivity index (χ4v) is 1.95. The number of aromatic nitrogens is 1. The maximum Gasteiger partial charge on any atom is 0.417 e. The van der Waals surface area contributed by atoms with Gasteiger partial charge in [0.05, 0.1) is 5.56 Å². The lowest BCUT2D eigenvalue weighted by Gasteiger charge is -2.23. The summed E-state index contributed by atoms with van der Waals surface area (Å²) in [5.41, 5.74) is -0.871. The molecule has 1 atom stereocenters. The number of ether oxygens (including phenoxy) is 1. The standard InChI is InChI=1S/C12H15F3N2O/c1-11(5-2-6-17-11)8-18-10-4-3-9(7-16-10)12(13,14)15/h3-4,7,17H,2,5-6,8H2,1H3/t11-/m0/s1. The van der Waals surface area contributed by atoms with Crippen LogP contribution in [0.15, 0.2) is 18.3 Å². The van der Waals surface area contributed by atoms with Crippen molar-refractivity contribution in [2.24, 2.45) is 0 Å². The van der Waals surface area contributed by atoms with Crippen LogP contribution in [-0.2, 0) is 6.18 Å². The number of alkyl halides is 3. The van der Waals surface area contributed by atoms with Crippen molar-refractivity contribution in [1.29, 1.82) is 0 Å². The Morgan fingerprint density at radius 3 is 2.72 bits per heavy atom. The number of pyridine rings is 1. The van der Waals surface area contributed by atoms with Gasteiger partial charge in [0.25, 0.3) is 0 Å². The molecule has 1 saturated heterocycles. The van der Waals surface area contributed by atoms with Crippen LogP contribution in [0.3, 0.4) is 0 Å². The maximum atomic E-state index is 12.3. The smallest absolute Gasteiger partial charge is 0.417 e. The Bertz CT molecular complexity index is 397. The van der Waals surface area contributed by atoms with Gasteiger partial charge in [-0.3, -0.25) is 0 Å². The fourth-order valence-electron chi connectivity index (χ4n) is 1.95. The molecule has 2 rings (SSSR count). The van der Waals surface area contributed by atoms with E-state index < -0.39 is 11.7 Å². The number of nitrogens with zero attached hydrogens (tertiary/aromatic N) is 1. The minimum atomic E-state index is -4.36. The third-order valence-corrected chi connectivity index (χ3v) is 3.06. The van der Waals surface area contributed by atoms with Crippen LogP contribution < -0.4 is 10.1 Å². The Kier molecular flexibility index (Phi) is 3.47. The Morgan fingerprint density at radius 1 is 1.44 bits per heavy atom. The first kappa shape index (κ1) is 13.1. The highest BCUT2D eigenvalue weighted by Gasteiger charge is 2.31. The molecule has 0 amide bonds. The van der Waals surface area contributed by atoms with E-state index in [2.05, 4.69) is 10.3 Å². The minimum Gasteiger partial charge on any atom is -0.476 e. The Morgan fingerprint density at radius 2 is 2.22 bits per heavy atom. The van der Waals surface area contributed by atoms with Gasteiger partial charge in [-0.25, -0.2) is 4.98 Å². The van der Waals surface area contributed by atoms with E-state index >= 15 is 0 Å². The summed E-state index contributed by atoms with van der Waals surface area (Å²) in [7, 11) is 0. The predicted molar refractivity (Wildman–Crippen MR) is 60.4 cm³/mol. The van der Waals surface area contributed by atoms with Crippen molar-refractivity contribution in [2.75, 3.05) is 13.2 Å². The van der Waals surface area contributed by atoms with Gasteiger partial charge in [0.1, 0.15) is 6.61 Å². The van der Waals surface area contributed by atoms with Gasteiger partial charge in [-0.15, -0.1) is 0 Å². The van der Waals surface area contributed by atoms with Gasteiger partial charge in [0.15, 0.2) is 0 Å². The Labute approximate surface area is 103 Å². The van der Waals surface area contributed by atoms with Crippen molar-refractivity contribution in [3.05, 3.63) is 23.9 Å². The molecule has 0 unspecified atom stereocenters. The summed E-state index contributed by atoms with van der Waals surface area (Å²) >= 11 is 0. The number of hydrogen-bond donors (Lipinski definition) is 1. The summed E-state index contributed by atoms with van der Waals surface area (Å²) in [6.45, 7) is 3.38. The molecule has 1 fully saturated rings. The van der Waals surface area contributed by atoms with Crippen LogP contribution in [0.25, 0.3) is 0 Å². The molecule has 3 nitrogen and oxygen atoms in total. The fraction of sp³-hybridized carbons (Fsp3) is 0.583. The van der Waals surface area contributed by atoms with Crippen LogP contribution in [0.4, 0.5) is 13.2 Å². The van der Waals surface area contributed by atoms with Crippen molar-refractivity contribution in [2.45, 2.75) is 31.5 Å². The van der Waals surface area contributed by atoms with Gasteiger partial charge < -0.3 is 10.1 Å². The highest BCUT2D eigenvalue weighted by molar-refractivity contribution is 5.20. The molecule has 6 heteroatoms. The zero-order valence-electron chi connectivity index (χ0n) is 10.0. The third kappa shape index (κ3) is 3.13. The largest absolute Gasteiger partial charge is 0.476 e. The van der Waals surface area contributed by atoms with Crippen LogP contribution in [0.2, 0.25) is 0 Å². The molecule has 18 heavy (non-hydrogen) atoms. The van der Waals surface area contributed by atoms with Gasteiger partial charge in [0.2, 0.25) is 5.88 Å². The Hall–Kier alpha value is -1.30. The van der Waals surface area contributed by atoms with Crippen LogP contribution in [0.1, 0.15) is 25.3 Å². The lowest BCUT2D eigenvalue weighted by Crippen LogP contribution is -2.42. The maximum absolute atomic E-state index is 12.3. The van der Waals surface area contributed by atoms with Gasteiger partial charge in [-0.1, -0.05) is 0 Å². The number of rotatable bonds is 3. The lowest BCUT2D eigenvalue weighted by molar-refractivity contribution is -0.137.